The van der Waals surface area contributed by atoms with Gasteiger partial charge >= 0.3 is 0 Å². The van der Waals surface area contributed by atoms with Crippen LogP contribution in [-0.4, -0.2) is 0 Å². The molecule has 272 valence electrons. The summed E-state index contributed by atoms with van der Waals surface area (Å²) in [5, 5.41) is 5.08. The van der Waals surface area contributed by atoms with Gasteiger partial charge in [-0.05, 0) is 158 Å². The Kier molecular flexibility index (Phi) is 7.82. The minimum absolute atomic E-state index is 0.127. The third-order valence-corrected chi connectivity index (χ3v) is 14.0. The minimum atomic E-state index is 0.127. The molecule has 3 aliphatic rings. The fourth-order valence-corrected chi connectivity index (χ4v) is 11.7. The number of benzene rings is 8. The summed E-state index contributed by atoms with van der Waals surface area (Å²) in [6.45, 7) is 5.06. The second-order valence-electron chi connectivity index (χ2n) is 17.2. The quantitative estimate of drug-likeness (QED) is 0.160. The van der Waals surface area contributed by atoms with E-state index in [2.05, 4.69) is 195 Å². The molecule has 1 nitrogen and oxygen atoms in total. The van der Waals surface area contributed by atoms with Crippen LogP contribution in [0.3, 0.4) is 0 Å². The molecule has 0 saturated heterocycles. The molecule has 0 aromatic heterocycles. The van der Waals surface area contributed by atoms with Gasteiger partial charge in [0.2, 0.25) is 0 Å². The number of anilines is 3. The van der Waals surface area contributed by atoms with Crippen LogP contribution in [0.1, 0.15) is 50.7 Å². The predicted octanol–water partition coefficient (Wildman–Crippen LogP) is 15.2. The Bertz CT molecular complexity index is 2740. The van der Waals surface area contributed by atoms with Gasteiger partial charge in [-0.3, -0.25) is 0 Å². The highest BCUT2D eigenvalue weighted by Crippen LogP contribution is 2.64. The lowest BCUT2D eigenvalue weighted by Gasteiger charge is -2.54. The maximum atomic E-state index is 2.56. The van der Waals surface area contributed by atoms with Crippen molar-refractivity contribution in [3.05, 3.63) is 187 Å². The van der Waals surface area contributed by atoms with Gasteiger partial charge in [-0.2, -0.15) is 0 Å². The van der Waals surface area contributed by atoms with Gasteiger partial charge in [-0.25, -0.2) is 0 Å². The van der Waals surface area contributed by atoms with Crippen LogP contribution < -0.4 is 4.90 Å². The molecule has 1 heteroatoms. The van der Waals surface area contributed by atoms with Gasteiger partial charge in [0.1, 0.15) is 0 Å². The van der Waals surface area contributed by atoms with E-state index in [4.69, 9.17) is 0 Å². The van der Waals surface area contributed by atoms with Crippen LogP contribution in [0.15, 0.2) is 176 Å². The normalized spacial score (nSPS) is 22.2. The number of fused-ring (bicyclic) bond motifs is 11. The summed E-state index contributed by atoms with van der Waals surface area (Å²) < 4.78 is 0. The first kappa shape index (κ1) is 33.4. The van der Waals surface area contributed by atoms with Crippen molar-refractivity contribution >= 4 is 38.6 Å². The molecule has 0 heterocycles. The fourth-order valence-electron chi connectivity index (χ4n) is 11.7. The van der Waals surface area contributed by atoms with Crippen molar-refractivity contribution in [1.29, 1.82) is 0 Å². The Hall–Kier alpha value is -5.92. The molecular weight excluding hydrogens is 675 g/mol. The fraction of sp³-hybridized carbons (Fsp3) is 0.200. The Morgan fingerprint density at radius 2 is 1.04 bits per heavy atom. The van der Waals surface area contributed by atoms with Gasteiger partial charge in [0, 0.05) is 22.5 Å². The standard InChI is InChI=1S/C55H47N/c1-36-30-38-32-37(2)55(45(31-36)33-38)53-15-9-8-14-51(53)52-35-43(22-29-54(52)55)41-20-25-47(26-21-41)56(46-23-18-40(19-24-46)39-10-4-3-5-11-39)48-27-28-50-44(34-48)17-16-42-12-6-7-13-49(42)50/h3-29,34-38,45H,30-33H2,1-2H3. The summed E-state index contributed by atoms with van der Waals surface area (Å²) >= 11 is 0. The first-order valence-electron chi connectivity index (χ1n) is 20.8. The summed E-state index contributed by atoms with van der Waals surface area (Å²) in [4.78, 5) is 2.40. The Morgan fingerprint density at radius 1 is 0.429 bits per heavy atom. The zero-order valence-electron chi connectivity index (χ0n) is 32.3. The zero-order chi connectivity index (χ0) is 37.4. The molecule has 2 saturated carbocycles. The van der Waals surface area contributed by atoms with Gasteiger partial charge in [-0.1, -0.05) is 147 Å². The minimum Gasteiger partial charge on any atom is -0.310 e. The van der Waals surface area contributed by atoms with Crippen molar-refractivity contribution in [2.24, 2.45) is 23.7 Å². The average molecular weight is 722 g/mol. The molecule has 5 unspecified atom stereocenters. The zero-order valence-corrected chi connectivity index (χ0v) is 32.3. The molecule has 2 fully saturated rings. The van der Waals surface area contributed by atoms with Gasteiger partial charge in [0.05, 0.1) is 0 Å². The third-order valence-electron chi connectivity index (χ3n) is 14.0. The second kappa shape index (κ2) is 13.1. The van der Waals surface area contributed by atoms with Crippen LogP contribution >= 0.6 is 0 Å². The van der Waals surface area contributed by atoms with Crippen molar-refractivity contribution in [3.8, 4) is 33.4 Å². The Labute approximate surface area is 331 Å². The van der Waals surface area contributed by atoms with Crippen molar-refractivity contribution < 1.29 is 0 Å². The molecule has 56 heavy (non-hydrogen) atoms. The molecule has 8 aromatic carbocycles. The number of hydrogen-bond acceptors (Lipinski definition) is 1. The molecule has 8 aromatic rings. The number of nitrogens with zero attached hydrogens (tertiary/aromatic N) is 1. The first-order valence-corrected chi connectivity index (χ1v) is 20.8. The van der Waals surface area contributed by atoms with E-state index in [9.17, 15) is 0 Å². The summed E-state index contributed by atoms with van der Waals surface area (Å²) in [6, 6.07) is 65.9. The van der Waals surface area contributed by atoms with Crippen molar-refractivity contribution in [1.82, 2.24) is 0 Å². The van der Waals surface area contributed by atoms with E-state index >= 15 is 0 Å². The van der Waals surface area contributed by atoms with Gasteiger partial charge in [-0.15, -0.1) is 0 Å². The predicted molar refractivity (Wildman–Crippen MR) is 237 cm³/mol. The van der Waals surface area contributed by atoms with E-state index in [1.165, 1.54) is 80.6 Å². The molecule has 5 atom stereocenters. The van der Waals surface area contributed by atoms with Crippen LogP contribution in [-0.2, 0) is 5.41 Å². The van der Waals surface area contributed by atoms with Crippen molar-refractivity contribution in [2.75, 3.05) is 4.90 Å². The van der Waals surface area contributed by atoms with Gasteiger partial charge in [0.25, 0.3) is 0 Å². The topological polar surface area (TPSA) is 3.24 Å². The lowest BCUT2D eigenvalue weighted by Crippen LogP contribution is -2.49. The highest BCUT2D eigenvalue weighted by molar-refractivity contribution is 6.08. The molecule has 0 N–H and O–H groups in total. The number of hydrogen-bond donors (Lipinski definition) is 0. The largest absolute Gasteiger partial charge is 0.310 e. The van der Waals surface area contributed by atoms with E-state index in [1.54, 1.807) is 11.1 Å². The molecule has 1 spiro atoms. The second-order valence-corrected chi connectivity index (χ2v) is 17.2. The summed E-state index contributed by atoms with van der Waals surface area (Å²) in [7, 11) is 0. The SMILES string of the molecule is CC1CC2CC(C)C3(c4ccccc4-c4cc(-c5ccc(N(c6ccc(-c7ccccc7)cc6)c6ccc7c(ccc8ccccc87)c6)cc5)ccc43)C(C1)C2. The van der Waals surface area contributed by atoms with E-state index < -0.39 is 0 Å². The molecule has 11 rings (SSSR count). The monoisotopic (exact) mass is 721 g/mol. The molecule has 0 amide bonds. The third kappa shape index (κ3) is 5.21. The molecule has 0 aliphatic heterocycles. The van der Waals surface area contributed by atoms with Crippen LogP contribution in [0.25, 0.3) is 54.9 Å². The van der Waals surface area contributed by atoms with Crippen molar-refractivity contribution in [3.63, 3.8) is 0 Å². The van der Waals surface area contributed by atoms with E-state index in [0.717, 1.165) is 28.9 Å². The van der Waals surface area contributed by atoms with Crippen LogP contribution in [0.5, 0.6) is 0 Å². The van der Waals surface area contributed by atoms with E-state index in [0.29, 0.717) is 11.8 Å². The maximum Gasteiger partial charge on any atom is 0.0468 e. The molecule has 2 bridgehead atoms. The Morgan fingerprint density at radius 3 is 1.84 bits per heavy atom. The molecule has 3 aliphatic carbocycles. The van der Waals surface area contributed by atoms with Gasteiger partial charge < -0.3 is 4.90 Å². The van der Waals surface area contributed by atoms with Gasteiger partial charge in [0.15, 0.2) is 0 Å². The summed E-state index contributed by atoms with van der Waals surface area (Å²) in [6.07, 6.45) is 5.48. The number of rotatable bonds is 5. The van der Waals surface area contributed by atoms with E-state index in [1.807, 2.05) is 0 Å². The average Bonchev–Trinajstić information content (AvgIpc) is 3.54. The smallest absolute Gasteiger partial charge is 0.0468 e. The first-order chi connectivity index (χ1) is 27.5. The summed E-state index contributed by atoms with van der Waals surface area (Å²) in [5.41, 5.74) is 14.6. The maximum absolute atomic E-state index is 2.56. The van der Waals surface area contributed by atoms with Crippen LogP contribution in [0, 0.1) is 23.7 Å². The Balaban J connectivity index is 0.991. The highest BCUT2D eigenvalue weighted by Gasteiger charge is 2.56. The van der Waals surface area contributed by atoms with E-state index in [-0.39, 0.29) is 5.41 Å². The summed E-state index contributed by atoms with van der Waals surface area (Å²) in [5.74, 6) is 3.06. The molecule has 0 radical (unpaired) electrons. The lowest BCUT2D eigenvalue weighted by molar-refractivity contribution is 0.0426. The molecular formula is C55H47N. The lowest BCUT2D eigenvalue weighted by atomic mass is 9.49. The van der Waals surface area contributed by atoms with Crippen molar-refractivity contribution in [2.45, 2.75) is 44.9 Å². The van der Waals surface area contributed by atoms with Crippen LogP contribution in [0.4, 0.5) is 17.1 Å². The van der Waals surface area contributed by atoms with Crippen LogP contribution in [0.2, 0.25) is 0 Å². The highest BCUT2D eigenvalue weighted by atomic mass is 15.1.